The number of benzene rings is 1. The highest BCUT2D eigenvalue weighted by Crippen LogP contribution is 2.27. The lowest BCUT2D eigenvalue weighted by molar-refractivity contribution is 0.358. The van der Waals surface area contributed by atoms with Crippen LogP contribution in [0.3, 0.4) is 0 Å². The molecule has 16 heavy (non-hydrogen) atoms. The van der Waals surface area contributed by atoms with E-state index in [-0.39, 0.29) is 0 Å². The molecule has 2 rings (SSSR count). The lowest BCUT2D eigenvalue weighted by atomic mass is 9.87. The Morgan fingerprint density at radius 2 is 2.06 bits per heavy atom. The van der Waals surface area contributed by atoms with Crippen molar-refractivity contribution in [1.82, 2.24) is 0 Å². The van der Waals surface area contributed by atoms with Crippen LogP contribution < -0.4 is 5.32 Å². The third-order valence-electron chi connectivity index (χ3n) is 3.23. The van der Waals surface area contributed by atoms with Gasteiger partial charge in [-0.05, 0) is 30.9 Å². The van der Waals surface area contributed by atoms with Crippen LogP contribution in [0.4, 0.5) is 14.5 Å². The number of rotatable bonds is 2. The van der Waals surface area contributed by atoms with Crippen molar-refractivity contribution in [3.05, 3.63) is 29.8 Å². The zero-order valence-corrected chi connectivity index (χ0v) is 9.47. The van der Waals surface area contributed by atoms with Crippen molar-refractivity contribution in [2.75, 3.05) is 5.32 Å². The number of hydrogen-bond acceptors (Lipinski definition) is 1. The predicted octanol–water partition coefficient (Wildman–Crippen LogP) is 3.96. The minimum atomic E-state index is -0.528. The molecule has 0 bridgehead atoms. The zero-order chi connectivity index (χ0) is 11.5. The lowest BCUT2D eigenvalue weighted by Crippen LogP contribution is -2.26. The van der Waals surface area contributed by atoms with Crippen molar-refractivity contribution in [1.29, 1.82) is 0 Å². The van der Waals surface area contributed by atoms with Crippen molar-refractivity contribution >= 4 is 5.69 Å². The van der Waals surface area contributed by atoms with E-state index in [1.165, 1.54) is 25.0 Å². The minimum Gasteiger partial charge on any atom is -0.380 e. The molecule has 1 aliphatic carbocycles. The molecule has 3 heteroatoms. The summed E-state index contributed by atoms with van der Waals surface area (Å²) in [6, 6.07) is 4.01. The Morgan fingerprint density at radius 1 is 1.25 bits per heavy atom. The summed E-state index contributed by atoms with van der Waals surface area (Å²) in [5, 5.41) is 3.17. The first-order valence-corrected chi connectivity index (χ1v) is 5.87. The Bertz CT molecular complexity index is 365. The molecule has 0 heterocycles. The Kier molecular flexibility index (Phi) is 3.42. The van der Waals surface area contributed by atoms with Crippen LogP contribution in [0, 0.1) is 17.6 Å². The van der Waals surface area contributed by atoms with E-state index in [9.17, 15) is 8.78 Å². The van der Waals surface area contributed by atoms with Crippen LogP contribution in [-0.4, -0.2) is 6.04 Å². The minimum absolute atomic E-state index is 0.323. The van der Waals surface area contributed by atoms with Crippen LogP contribution in [0.2, 0.25) is 0 Å². The summed E-state index contributed by atoms with van der Waals surface area (Å²) in [5.74, 6) is -0.340. The summed E-state index contributed by atoms with van der Waals surface area (Å²) in [7, 11) is 0. The van der Waals surface area contributed by atoms with Crippen LogP contribution in [0.15, 0.2) is 18.2 Å². The average molecular weight is 225 g/mol. The highest BCUT2D eigenvalue weighted by atomic mass is 19.1. The molecule has 2 unspecified atom stereocenters. The molecule has 1 nitrogen and oxygen atoms in total. The Morgan fingerprint density at radius 3 is 2.75 bits per heavy atom. The van der Waals surface area contributed by atoms with E-state index < -0.39 is 11.6 Å². The molecule has 1 aliphatic rings. The van der Waals surface area contributed by atoms with Gasteiger partial charge >= 0.3 is 0 Å². The SMILES string of the molecule is CC1CCCC(Nc2ccc(F)cc2F)C1. The van der Waals surface area contributed by atoms with Gasteiger partial charge in [-0.3, -0.25) is 0 Å². The van der Waals surface area contributed by atoms with Crippen molar-refractivity contribution in [3.63, 3.8) is 0 Å². The van der Waals surface area contributed by atoms with Crippen LogP contribution in [0.25, 0.3) is 0 Å². The molecule has 0 spiro atoms. The largest absolute Gasteiger partial charge is 0.380 e. The predicted molar refractivity (Wildman–Crippen MR) is 61.4 cm³/mol. The van der Waals surface area contributed by atoms with E-state index >= 15 is 0 Å². The lowest BCUT2D eigenvalue weighted by Gasteiger charge is -2.28. The summed E-state index contributed by atoms with van der Waals surface area (Å²) in [4.78, 5) is 0. The van der Waals surface area contributed by atoms with Crippen molar-refractivity contribution < 1.29 is 8.78 Å². The average Bonchev–Trinajstić information content (AvgIpc) is 2.22. The molecule has 0 aliphatic heterocycles. The highest BCUT2D eigenvalue weighted by molar-refractivity contribution is 5.45. The first-order valence-electron chi connectivity index (χ1n) is 5.87. The number of hydrogen-bond donors (Lipinski definition) is 1. The second-order valence-electron chi connectivity index (χ2n) is 4.74. The maximum Gasteiger partial charge on any atom is 0.149 e. The van der Waals surface area contributed by atoms with Crippen LogP contribution in [0.1, 0.15) is 32.6 Å². The molecule has 1 aromatic carbocycles. The molecule has 1 N–H and O–H groups in total. The highest BCUT2D eigenvalue weighted by Gasteiger charge is 2.19. The van der Waals surface area contributed by atoms with E-state index in [0.29, 0.717) is 17.6 Å². The van der Waals surface area contributed by atoms with Crippen molar-refractivity contribution in [2.24, 2.45) is 5.92 Å². The number of anilines is 1. The van der Waals surface area contributed by atoms with E-state index in [4.69, 9.17) is 0 Å². The van der Waals surface area contributed by atoms with Gasteiger partial charge in [0.15, 0.2) is 0 Å². The second-order valence-corrected chi connectivity index (χ2v) is 4.74. The first-order chi connectivity index (χ1) is 7.65. The van der Waals surface area contributed by atoms with Gasteiger partial charge in [0.1, 0.15) is 11.6 Å². The van der Waals surface area contributed by atoms with E-state index in [0.717, 1.165) is 18.9 Å². The molecule has 0 saturated heterocycles. The van der Waals surface area contributed by atoms with Crippen LogP contribution >= 0.6 is 0 Å². The van der Waals surface area contributed by atoms with E-state index in [1.807, 2.05) is 0 Å². The third-order valence-corrected chi connectivity index (χ3v) is 3.23. The number of nitrogens with one attached hydrogen (secondary N) is 1. The smallest absolute Gasteiger partial charge is 0.149 e. The maximum absolute atomic E-state index is 13.4. The third kappa shape index (κ3) is 2.71. The van der Waals surface area contributed by atoms with E-state index in [2.05, 4.69) is 12.2 Å². The van der Waals surface area contributed by atoms with Crippen molar-refractivity contribution in [2.45, 2.75) is 38.6 Å². The van der Waals surface area contributed by atoms with Gasteiger partial charge in [-0.15, -0.1) is 0 Å². The van der Waals surface area contributed by atoms with Crippen LogP contribution in [-0.2, 0) is 0 Å². The van der Waals surface area contributed by atoms with Gasteiger partial charge in [0.05, 0.1) is 5.69 Å². The van der Waals surface area contributed by atoms with Gasteiger partial charge in [0, 0.05) is 12.1 Å². The Labute approximate surface area is 94.9 Å². The molecular weight excluding hydrogens is 208 g/mol. The molecule has 2 atom stereocenters. The molecular formula is C13H17F2N. The fourth-order valence-corrected chi connectivity index (χ4v) is 2.39. The maximum atomic E-state index is 13.4. The van der Waals surface area contributed by atoms with Gasteiger partial charge in [-0.25, -0.2) is 8.78 Å². The molecule has 0 aromatic heterocycles. The summed E-state index contributed by atoms with van der Waals surface area (Å²) < 4.78 is 26.1. The van der Waals surface area contributed by atoms with Crippen LogP contribution in [0.5, 0.6) is 0 Å². The van der Waals surface area contributed by atoms with Gasteiger partial charge in [0.25, 0.3) is 0 Å². The molecule has 1 aromatic rings. The number of halogens is 2. The normalized spacial score (nSPS) is 25.4. The standard InChI is InChI=1S/C13H17F2N/c1-9-3-2-4-11(7-9)16-13-6-5-10(14)8-12(13)15/h5-6,8-9,11,16H,2-4,7H2,1H3. The molecule has 1 saturated carbocycles. The summed E-state index contributed by atoms with van der Waals surface area (Å²) in [5.41, 5.74) is 0.417. The van der Waals surface area contributed by atoms with Gasteiger partial charge in [-0.2, -0.15) is 0 Å². The second kappa shape index (κ2) is 4.81. The molecule has 88 valence electrons. The fourth-order valence-electron chi connectivity index (χ4n) is 2.39. The molecule has 1 fully saturated rings. The Balaban J connectivity index is 2.02. The molecule has 0 amide bonds. The van der Waals surface area contributed by atoms with Gasteiger partial charge < -0.3 is 5.32 Å². The van der Waals surface area contributed by atoms with E-state index in [1.54, 1.807) is 0 Å². The topological polar surface area (TPSA) is 12.0 Å². The summed E-state index contributed by atoms with van der Waals surface area (Å²) in [6.45, 7) is 2.22. The van der Waals surface area contributed by atoms with Gasteiger partial charge in [-0.1, -0.05) is 19.8 Å². The Hall–Kier alpha value is -1.12. The molecule has 0 radical (unpaired) electrons. The quantitative estimate of drug-likeness (QED) is 0.803. The fraction of sp³-hybridized carbons (Fsp3) is 0.538. The summed E-state index contributed by atoms with van der Waals surface area (Å²) in [6.07, 6.45) is 4.57. The zero-order valence-electron chi connectivity index (χ0n) is 9.47. The first kappa shape index (κ1) is 11.4. The van der Waals surface area contributed by atoms with Gasteiger partial charge in [0.2, 0.25) is 0 Å². The van der Waals surface area contributed by atoms with Crippen molar-refractivity contribution in [3.8, 4) is 0 Å². The monoisotopic (exact) mass is 225 g/mol. The summed E-state index contributed by atoms with van der Waals surface area (Å²) >= 11 is 0.